The molecule has 0 aromatic carbocycles. The van der Waals surface area contributed by atoms with Gasteiger partial charge >= 0.3 is 5.97 Å². The zero-order chi connectivity index (χ0) is 15.2. The maximum Gasteiger partial charge on any atom is 0.316 e. The highest BCUT2D eigenvalue weighted by Crippen LogP contribution is 2.29. The molecule has 0 aliphatic rings. The second-order valence-corrected chi connectivity index (χ2v) is 5.86. The number of hydrogen-bond acceptors (Lipinski definition) is 3. The van der Waals surface area contributed by atoms with Crippen LogP contribution in [0.15, 0.2) is 0 Å². The van der Waals surface area contributed by atoms with Crippen LogP contribution in [-0.4, -0.2) is 46.2 Å². The molecule has 5 heteroatoms. The van der Waals surface area contributed by atoms with Crippen LogP contribution in [0.5, 0.6) is 0 Å². The first-order valence-corrected chi connectivity index (χ1v) is 6.84. The van der Waals surface area contributed by atoms with Crippen molar-refractivity contribution >= 4 is 11.9 Å². The summed E-state index contributed by atoms with van der Waals surface area (Å²) in [7, 11) is 0. The van der Waals surface area contributed by atoms with Gasteiger partial charge in [-0.1, -0.05) is 34.6 Å². The Hall–Kier alpha value is -1.10. The van der Waals surface area contributed by atoms with Crippen LogP contribution in [0.25, 0.3) is 0 Å². The lowest BCUT2D eigenvalue weighted by molar-refractivity contribution is -0.157. The SMILES string of the molecule is CCC(CC)N(CCO)C(=O)C(C(=O)O)C(C)(C)C. The Morgan fingerprint density at radius 1 is 1.16 bits per heavy atom. The van der Waals surface area contributed by atoms with Crippen molar-refractivity contribution in [3.63, 3.8) is 0 Å². The third-order valence-corrected chi connectivity index (χ3v) is 3.37. The summed E-state index contributed by atoms with van der Waals surface area (Å²) in [6.07, 6.45) is 1.50. The molecular weight excluding hydrogens is 246 g/mol. The fraction of sp³-hybridized carbons (Fsp3) is 0.857. The molecule has 5 nitrogen and oxygen atoms in total. The van der Waals surface area contributed by atoms with Gasteiger partial charge in [0.2, 0.25) is 5.91 Å². The highest BCUT2D eigenvalue weighted by Gasteiger charge is 2.41. The average Bonchev–Trinajstić information content (AvgIpc) is 2.26. The zero-order valence-corrected chi connectivity index (χ0v) is 12.6. The number of aliphatic carboxylic acids is 1. The van der Waals surface area contributed by atoms with E-state index in [1.165, 1.54) is 4.90 Å². The predicted octanol–water partition coefficient (Wildman–Crippen LogP) is 1.74. The van der Waals surface area contributed by atoms with Crippen molar-refractivity contribution in [1.82, 2.24) is 4.90 Å². The standard InChI is InChI=1S/C14H27NO4/c1-6-10(7-2)15(8-9-16)12(17)11(13(18)19)14(3,4)5/h10-11,16H,6-9H2,1-5H3,(H,18,19). The van der Waals surface area contributed by atoms with Crippen LogP contribution < -0.4 is 0 Å². The fourth-order valence-corrected chi connectivity index (χ4v) is 2.32. The minimum atomic E-state index is -1.11. The Bertz CT molecular complexity index is 305. The summed E-state index contributed by atoms with van der Waals surface area (Å²) < 4.78 is 0. The molecule has 1 amide bonds. The van der Waals surface area contributed by atoms with Crippen LogP contribution in [-0.2, 0) is 9.59 Å². The topological polar surface area (TPSA) is 77.8 Å². The Balaban J connectivity index is 5.31. The molecule has 0 fully saturated rings. The summed E-state index contributed by atoms with van der Waals surface area (Å²) in [4.78, 5) is 25.4. The van der Waals surface area contributed by atoms with E-state index in [1.807, 2.05) is 13.8 Å². The molecule has 0 heterocycles. The molecule has 0 rings (SSSR count). The second kappa shape index (κ2) is 7.48. The highest BCUT2D eigenvalue weighted by molar-refractivity contribution is 5.97. The summed E-state index contributed by atoms with van der Waals surface area (Å²) in [6.45, 7) is 9.18. The molecule has 0 aromatic rings. The highest BCUT2D eigenvalue weighted by atomic mass is 16.4. The molecule has 0 bridgehead atoms. The van der Waals surface area contributed by atoms with Gasteiger partial charge in [-0.25, -0.2) is 0 Å². The van der Waals surface area contributed by atoms with E-state index in [-0.39, 0.29) is 19.2 Å². The van der Waals surface area contributed by atoms with Gasteiger partial charge in [0.15, 0.2) is 0 Å². The van der Waals surface area contributed by atoms with E-state index in [0.717, 1.165) is 12.8 Å². The number of carbonyl (C=O) groups excluding carboxylic acids is 1. The minimum Gasteiger partial charge on any atom is -0.481 e. The van der Waals surface area contributed by atoms with E-state index >= 15 is 0 Å². The van der Waals surface area contributed by atoms with Gasteiger partial charge in [0.1, 0.15) is 5.92 Å². The summed E-state index contributed by atoms with van der Waals surface area (Å²) in [5.74, 6) is -2.59. The molecule has 1 unspecified atom stereocenters. The predicted molar refractivity (Wildman–Crippen MR) is 73.7 cm³/mol. The van der Waals surface area contributed by atoms with Crippen LogP contribution in [0, 0.1) is 11.3 Å². The molecule has 19 heavy (non-hydrogen) atoms. The number of carboxylic acid groups (broad SMARTS) is 1. The second-order valence-electron chi connectivity index (χ2n) is 5.86. The lowest BCUT2D eigenvalue weighted by atomic mass is 9.79. The number of rotatable bonds is 7. The third kappa shape index (κ3) is 4.82. The number of aliphatic hydroxyl groups is 1. The van der Waals surface area contributed by atoms with Crippen molar-refractivity contribution in [2.24, 2.45) is 11.3 Å². The van der Waals surface area contributed by atoms with E-state index in [2.05, 4.69) is 0 Å². The summed E-state index contributed by atoms with van der Waals surface area (Å²) in [5.41, 5.74) is -0.650. The van der Waals surface area contributed by atoms with Gasteiger partial charge in [-0.3, -0.25) is 9.59 Å². The van der Waals surface area contributed by atoms with E-state index in [0.29, 0.717) is 0 Å². The number of carboxylic acids is 1. The Kier molecular flexibility index (Phi) is 7.05. The summed E-state index contributed by atoms with van der Waals surface area (Å²) >= 11 is 0. The Morgan fingerprint density at radius 2 is 1.63 bits per heavy atom. The van der Waals surface area contributed by atoms with Crippen LogP contribution in [0.3, 0.4) is 0 Å². The van der Waals surface area contributed by atoms with E-state index in [1.54, 1.807) is 20.8 Å². The first-order chi connectivity index (χ1) is 8.70. The van der Waals surface area contributed by atoms with Crippen molar-refractivity contribution in [3.05, 3.63) is 0 Å². The first-order valence-electron chi connectivity index (χ1n) is 6.84. The summed E-state index contributed by atoms with van der Waals surface area (Å²) in [6, 6.07) is -0.0242. The fourth-order valence-electron chi connectivity index (χ4n) is 2.32. The van der Waals surface area contributed by atoms with E-state index in [4.69, 9.17) is 5.11 Å². The van der Waals surface area contributed by atoms with Crippen molar-refractivity contribution in [1.29, 1.82) is 0 Å². The molecule has 0 spiro atoms. The van der Waals surface area contributed by atoms with Gasteiger partial charge in [0.25, 0.3) is 0 Å². The van der Waals surface area contributed by atoms with Crippen LogP contribution in [0.4, 0.5) is 0 Å². The van der Waals surface area contributed by atoms with Crippen LogP contribution >= 0.6 is 0 Å². The maximum atomic E-state index is 12.5. The average molecular weight is 273 g/mol. The molecular formula is C14H27NO4. The van der Waals surface area contributed by atoms with Crippen molar-refractivity contribution in [3.8, 4) is 0 Å². The van der Waals surface area contributed by atoms with Gasteiger partial charge < -0.3 is 15.1 Å². The first kappa shape index (κ1) is 17.9. The van der Waals surface area contributed by atoms with Crippen molar-refractivity contribution in [2.75, 3.05) is 13.2 Å². The zero-order valence-electron chi connectivity index (χ0n) is 12.6. The maximum absolute atomic E-state index is 12.5. The van der Waals surface area contributed by atoms with Gasteiger partial charge in [-0.2, -0.15) is 0 Å². The minimum absolute atomic E-state index is 0.0242. The van der Waals surface area contributed by atoms with Crippen molar-refractivity contribution < 1.29 is 19.8 Å². The lowest BCUT2D eigenvalue weighted by Crippen LogP contribution is -2.50. The number of carbonyl (C=O) groups is 2. The molecule has 0 aliphatic heterocycles. The van der Waals surface area contributed by atoms with Gasteiger partial charge in [-0.15, -0.1) is 0 Å². The normalized spacial score (nSPS) is 13.4. The number of amides is 1. The quantitative estimate of drug-likeness (QED) is 0.693. The number of aliphatic hydroxyl groups excluding tert-OH is 1. The van der Waals surface area contributed by atoms with E-state index in [9.17, 15) is 14.7 Å². The molecule has 0 saturated heterocycles. The molecule has 0 saturated carbocycles. The molecule has 2 N–H and O–H groups in total. The molecule has 1 atom stereocenters. The van der Waals surface area contributed by atoms with Crippen LogP contribution in [0.2, 0.25) is 0 Å². The monoisotopic (exact) mass is 273 g/mol. The van der Waals surface area contributed by atoms with Gasteiger partial charge in [0.05, 0.1) is 6.61 Å². The molecule has 0 aromatic heterocycles. The van der Waals surface area contributed by atoms with Crippen LogP contribution in [0.1, 0.15) is 47.5 Å². The lowest BCUT2D eigenvalue weighted by Gasteiger charge is -2.36. The Morgan fingerprint density at radius 3 is 1.89 bits per heavy atom. The number of nitrogens with zero attached hydrogens (tertiary/aromatic N) is 1. The molecule has 0 radical (unpaired) electrons. The van der Waals surface area contributed by atoms with Gasteiger partial charge in [0, 0.05) is 12.6 Å². The van der Waals surface area contributed by atoms with Gasteiger partial charge in [-0.05, 0) is 18.3 Å². The Labute approximate surface area is 115 Å². The third-order valence-electron chi connectivity index (χ3n) is 3.37. The number of hydrogen-bond donors (Lipinski definition) is 2. The summed E-state index contributed by atoms with van der Waals surface area (Å²) in [5, 5.41) is 18.4. The molecule has 0 aliphatic carbocycles. The smallest absolute Gasteiger partial charge is 0.316 e. The molecule has 112 valence electrons. The van der Waals surface area contributed by atoms with E-state index < -0.39 is 23.2 Å². The largest absolute Gasteiger partial charge is 0.481 e. The van der Waals surface area contributed by atoms with Crippen molar-refractivity contribution in [2.45, 2.75) is 53.5 Å².